The normalized spacial score (nSPS) is 17.4. The third-order valence-electron chi connectivity index (χ3n) is 5.54. The van der Waals surface area contributed by atoms with Crippen molar-refractivity contribution in [3.05, 3.63) is 100 Å². The largest absolute Gasteiger partial charge is 0.507 e. The monoisotopic (exact) mass is 449 g/mol. The van der Waals surface area contributed by atoms with Crippen LogP contribution < -0.4 is 0 Å². The number of esters is 1. The number of aliphatic hydroxyl groups excluding tert-OH is 1. The van der Waals surface area contributed by atoms with Crippen molar-refractivity contribution in [1.29, 1.82) is 0 Å². The van der Waals surface area contributed by atoms with Gasteiger partial charge in [-0.3, -0.25) is 9.59 Å². The fraction of sp³-hybridized carbons (Fsp3) is 0.160. The minimum Gasteiger partial charge on any atom is -0.507 e. The predicted molar refractivity (Wildman–Crippen MR) is 115 cm³/mol. The van der Waals surface area contributed by atoms with Gasteiger partial charge in [-0.15, -0.1) is 0 Å². The van der Waals surface area contributed by atoms with Crippen LogP contribution in [0, 0.1) is 12.7 Å². The second kappa shape index (κ2) is 8.74. The molecule has 3 aromatic rings. The van der Waals surface area contributed by atoms with Crippen LogP contribution in [0.25, 0.3) is 5.76 Å². The number of amides is 1. The van der Waals surface area contributed by atoms with Gasteiger partial charge in [0.2, 0.25) is 0 Å². The Labute approximate surface area is 188 Å². The van der Waals surface area contributed by atoms with Gasteiger partial charge in [-0.2, -0.15) is 0 Å². The smallest absolute Gasteiger partial charge is 0.337 e. The van der Waals surface area contributed by atoms with Crippen LogP contribution >= 0.6 is 0 Å². The lowest BCUT2D eigenvalue weighted by molar-refractivity contribution is -0.140. The van der Waals surface area contributed by atoms with E-state index in [1.165, 1.54) is 42.5 Å². The van der Waals surface area contributed by atoms with Crippen molar-refractivity contribution in [3.8, 4) is 0 Å². The summed E-state index contributed by atoms with van der Waals surface area (Å²) in [6.07, 6.45) is 1.45. The van der Waals surface area contributed by atoms with E-state index < -0.39 is 35.3 Å². The maximum atomic E-state index is 14.2. The number of aryl methyl sites for hydroxylation is 1. The number of carbonyl (C=O) groups excluding carboxylic acids is 3. The Morgan fingerprint density at radius 1 is 1.12 bits per heavy atom. The molecule has 33 heavy (non-hydrogen) atoms. The zero-order valence-electron chi connectivity index (χ0n) is 17.9. The molecule has 168 valence electrons. The number of furan rings is 1. The highest BCUT2D eigenvalue weighted by atomic mass is 19.1. The van der Waals surface area contributed by atoms with Crippen LogP contribution in [-0.2, 0) is 20.9 Å². The van der Waals surface area contributed by atoms with E-state index in [9.17, 15) is 23.9 Å². The average molecular weight is 449 g/mol. The van der Waals surface area contributed by atoms with Crippen molar-refractivity contribution < 1.29 is 33.0 Å². The van der Waals surface area contributed by atoms with Gasteiger partial charge in [-0.1, -0.05) is 24.3 Å². The summed E-state index contributed by atoms with van der Waals surface area (Å²) >= 11 is 0. The molecule has 1 unspecified atom stereocenters. The SMILES string of the molecule is COC(=O)c1ccc(C2/C(=C(\O)c3ccc(C)c(F)c3)C(=O)C(=O)N2Cc2ccco2)cc1. The molecule has 1 fully saturated rings. The lowest BCUT2D eigenvalue weighted by atomic mass is 9.94. The standard InChI is InChI=1S/C25H20FNO6/c1-14-5-6-17(12-19(14)26)22(28)20-21(15-7-9-16(10-8-15)25(31)32-2)27(24(30)23(20)29)13-18-4-3-11-33-18/h3-12,21,28H,13H2,1-2H3/b22-20+. The van der Waals surface area contributed by atoms with Crippen LogP contribution in [0.4, 0.5) is 4.39 Å². The number of aliphatic hydroxyl groups is 1. The van der Waals surface area contributed by atoms with Gasteiger partial charge < -0.3 is 19.2 Å². The van der Waals surface area contributed by atoms with Gasteiger partial charge in [-0.25, -0.2) is 9.18 Å². The van der Waals surface area contributed by atoms with Gasteiger partial charge in [0.15, 0.2) is 0 Å². The van der Waals surface area contributed by atoms with E-state index in [-0.39, 0.29) is 23.2 Å². The van der Waals surface area contributed by atoms with Gasteiger partial charge in [-0.05, 0) is 48.4 Å². The molecule has 1 amide bonds. The zero-order valence-corrected chi connectivity index (χ0v) is 17.9. The molecule has 7 nitrogen and oxygen atoms in total. The number of methoxy groups -OCH3 is 1. The molecule has 1 atom stereocenters. The summed E-state index contributed by atoms with van der Waals surface area (Å²) in [4.78, 5) is 39.0. The highest BCUT2D eigenvalue weighted by molar-refractivity contribution is 6.46. The number of hydrogen-bond donors (Lipinski definition) is 1. The van der Waals surface area contributed by atoms with Gasteiger partial charge in [0.05, 0.1) is 37.1 Å². The van der Waals surface area contributed by atoms with Crippen molar-refractivity contribution >= 4 is 23.4 Å². The first kappa shape index (κ1) is 22.0. The summed E-state index contributed by atoms with van der Waals surface area (Å²) < 4.78 is 24.2. The van der Waals surface area contributed by atoms with E-state index in [1.54, 1.807) is 31.2 Å². The Morgan fingerprint density at radius 2 is 1.82 bits per heavy atom. The zero-order chi connectivity index (χ0) is 23.7. The Bertz CT molecular complexity index is 1260. The molecule has 1 N–H and O–H groups in total. The molecule has 4 rings (SSSR count). The molecule has 1 aliphatic heterocycles. The number of halogens is 1. The third-order valence-corrected chi connectivity index (χ3v) is 5.54. The molecule has 1 aromatic heterocycles. The second-order valence-corrected chi connectivity index (χ2v) is 7.58. The van der Waals surface area contributed by atoms with Crippen molar-refractivity contribution in [2.45, 2.75) is 19.5 Å². The Kier molecular flexibility index (Phi) is 5.83. The average Bonchev–Trinajstić information content (AvgIpc) is 3.42. The number of ketones is 1. The maximum absolute atomic E-state index is 14.2. The molecular formula is C25H20FNO6. The van der Waals surface area contributed by atoms with Crippen LogP contribution in [0.3, 0.4) is 0 Å². The first-order valence-electron chi connectivity index (χ1n) is 10.1. The second-order valence-electron chi connectivity index (χ2n) is 7.58. The van der Waals surface area contributed by atoms with E-state index in [4.69, 9.17) is 9.15 Å². The number of carbonyl (C=O) groups is 3. The molecule has 0 bridgehead atoms. The molecule has 2 aromatic carbocycles. The summed E-state index contributed by atoms with van der Waals surface area (Å²) in [6.45, 7) is 1.55. The number of Topliss-reactive ketones (excluding diaryl/α,β-unsaturated/α-hetero) is 1. The molecule has 1 aliphatic rings. The van der Waals surface area contributed by atoms with Crippen LogP contribution in [0.15, 0.2) is 70.9 Å². The van der Waals surface area contributed by atoms with Crippen LogP contribution in [0.1, 0.15) is 38.9 Å². The molecule has 0 radical (unpaired) electrons. The maximum Gasteiger partial charge on any atom is 0.337 e. The van der Waals surface area contributed by atoms with Gasteiger partial charge >= 0.3 is 5.97 Å². The fourth-order valence-electron chi connectivity index (χ4n) is 3.78. The predicted octanol–water partition coefficient (Wildman–Crippen LogP) is 4.14. The van der Waals surface area contributed by atoms with Crippen LogP contribution in [-0.4, -0.2) is 34.8 Å². The topological polar surface area (TPSA) is 97.0 Å². The van der Waals surface area contributed by atoms with E-state index in [2.05, 4.69) is 0 Å². The number of likely N-dealkylation sites (tertiary alicyclic amines) is 1. The minimum absolute atomic E-state index is 0.0277. The van der Waals surface area contributed by atoms with E-state index in [0.29, 0.717) is 16.9 Å². The summed E-state index contributed by atoms with van der Waals surface area (Å²) in [5.41, 5.74) is 1.03. The van der Waals surface area contributed by atoms with Crippen molar-refractivity contribution in [3.63, 3.8) is 0 Å². The number of rotatable bonds is 5. The number of benzene rings is 2. The van der Waals surface area contributed by atoms with E-state index in [0.717, 1.165) is 6.07 Å². The summed E-state index contributed by atoms with van der Waals surface area (Å²) in [5.74, 6) is -2.88. The van der Waals surface area contributed by atoms with Gasteiger partial charge in [0.1, 0.15) is 17.3 Å². The highest BCUT2D eigenvalue weighted by Gasteiger charge is 2.46. The van der Waals surface area contributed by atoms with Crippen LogP contribution in [0.5, 0.6) is 0 Å². The third kappa shape index (κ3) is 4.03. The number of nitrogens with zero attached hydrogens (tertiary/aromatic N) is 1. The number of ether oxygens (including phenoxy) is 1. The molecule has 1 saturated heterocycles. The van der Waals surface area contributed by atoms with Crippen molar-refractivity contribution in [1.82, 2.24) is 4.90 Å². The summed E-state index contributed by atoms with van der Waals surface area (Å²) in [6, 6.07) is 12.5. The Morgan fingerprint density at radius 3 is 2.42 bits per heavy atom. The molecule has 0 spiro atoms. The minimum atomic E-state index is -0.980. The summed E-state index contributed by atoms with van der Waals surface area (Å²) in [5, 5.41) is 11.0. The molecule has 8 heteroatoms. The lowest BCUT2D eigenvalue weighted by Crippen LogP contribution is -2.29. The van der Waals surface area contributed by atoms with Crippen LogP contribution in [0.2, 0.25) is 0 Å². The molecule has 0 aliphatic carbocycles. The molecule has 0 saturated carbocycles. The van der Waals surface area contributed by atoms with Gasteiger partial charge in [0, 0.05) is 5.56 Å². The van der Waals surface area contributed by atoms with Crippen molar-refractivity contribution in [2.75, 3.05) is 7.11 Å². The van der Waals surface area contributed by atoms with E-state index in [1.807, 2.05) is 0 Å². The lowest BCUT2D eigenvalue weighted by Gasteiger charge is -2.24. The van der Waals surface area contributed by atoms with Crippen molar-refractivity contribution in [2.24, 2.45) is 0 Å². The first-order valence-corrected chi connectivity index (χ1v) is 10.1. The Hall–Kier alpha value is -4.20. The number of hydrogen-bond acceptors (Lipinski definition) is 6. The summed E-state index contributed by atoms with van der Waals surface area (Å²) in [7, 11) is 1.26. The first-order chi connectivity index (χ1) is 15.8. The molecular weight excluding hydrogens is 429 g/mol. The van der Waals surface area contributed by atoms with E-state index >= 15 is 0 Å². The fourth-order valence-corrected chi connectivity index (χ4v) is 3.78. The quantitative estimate of drug-likeness (QED) is 0.272. The highest BCUT2D eigenvalue weighted by Crippen LogP contribution is 2.40. The molecule has 2 heterocycles. The van der Waals surface area contributed by atoms with Gasteiger partial charge in [0.25, 0.3) is 11.7 Å². The Balaban J connectivity index is 1.85.